The molecular formula is C12H15N. The van der Waals surface area contributed by atoms with E-state index in [0.29, 0.717) is 0 Å². The van der Waals surface area contributed by atoms with Gasteiger partial charge in [-0.2, -0.15) is 0 Å². The molecule has 0 saturated heterocycles. The molecule has 13 heavy (non-hydrogen) atoms. The summed E-state index contributed by atoms with van der Waals surface area (Å²) in [6.45, 7) is 8.15. The normalized spacial score (nSPS) is 9.23. The lowest BCUT2D eigenvalue weighted by Gasteiger charge is -2.03. The van der Waals surface area contributed by atoms with Gasteiger partial charge in [-0.3, -0.25) is 0 Å². The lowest BCUT2D eigenvalue weighted by Crippen LogP contribution is -1.97. The van der Waals surface area contributed by atoms with Crippen LogP contribution in [-0.2, 0) is 6.42 Å². The zero-order valence-electron chi connectivity index (χ0n) is 7.79. The molecular weight excluding hydrogens is 158 g/mol. The second-order valence-electron chi connectivity index (χ2n) is 2.86. The Hall–Kier alpha value is -1.50. The van der Waals surface area contributed by atoms with Crippen LogP contribution in [0, 0.1) is 0 Å². The summed E-state index contributed by atoms with van der Waals surface area (Å²) >= 11 is 0. The maximum atomic E-state index is 3.70. The van der Waals surface area contributed by atoms with Crippen LogP contribution in [0.1, 0.15) is 5.56 Å². The Morgan fingerprint density at radius 3 is 2.31 bits per heavy atom. The number of hydrogen-bond donors (Lipinski definition) is 1. The Morgan fingerprint density at radius 2 is 1.77 bits per heavy atom. The highest BCUT2D eigenvalue weighted by Crippen LogP contribution is 2.09. The van der Waals surface area contributed by atoms with Crippen molar-refractivity contribution >= 4 is 5.69 Å². The molecule has 0 amide bonds. The van der Waals surface area contributed by atoms with Crippen LogP contribution in [-0.4, -0.2) is 6.54 Å². The maximum absolute atomic E-state index is 3.70. The lowest BCUT2D eigenvalue weighted by atomic mass is 10.1. The summed E-state index contributed by atoms with van der Waals surface area (Å²) in [5, 5.41) is 3.22. The molecule has 0 saturated carbocycles. The molecule has 1 nitrogen and oxygen atoms in total. The molecule has 0 bridgehead atoms. The molecule has 0 aliphatic heterocycles. The smallest absolute Gasteiger partial charge is 0.0342 e. The summed E-state index contributed by atoms with van der Waals surface area (Å²) in [5.41, 5.74) is 2.42. The molecule has 1 heteroatoms. The van der Waals surface area contributed by atoms with E-state index in [4.69, 9.17) is 0 Å². The van der Waals surface area contributed by atoms with Crippen molar-refractivity contribution in [2.45, 2.75) is 6.42 Å². The van der Waals surface area contributed by atoms with E-state index in [-0.39, 0.29) is 0 Å². The van der Waals surface area contributed by atoms with Gasteiger partial charge in [0.25, 0.3) is 0 Å². The number of anilines is 1. The summed E-state index contributed by atoms with van der Waals surface area (Å²) < 4.78 is 0. The maximum Gasteiger partial charge on any atom is 0.0342 e. The number of hydrogen-bond acceptors (Lipinski definition) is 1. The van der Waals surface area contributed by atoms with Crippen molar-refractivity contribution in [2.75, 3.05) is 11.9 Å². The molecule has 0 heterocycles. The molecule has 0 aliphatic rings. The minimum absolute atomic E-state index is 0.806. The van der Waals surface area contributed by atoms with E-state index in [9.17, 15) is 0 Å². The van der Waals surface area contributed by atoms with Gasteiger partial charge < -0.3 is 5.32 Å². The molecule has 1 N–H and O–H groups in total. The molecule has 68 valence electrons. The highest BCUT2D eigenvalue weighted by atomic mass is 14.8. The topological polar surface area (TPSA) is 12.0 Å². The standard InChI is InChI=1S/C12H15N/c1-3-5-11-6-8-12(9-7-11)13-10-4-2/h3-4,6-9,13H,1-2,5,10H2. The first-order chi connectivity index (χ1) is 6.36. The van der Waals surface area contributed by atoms with Gasteiger partial charge in [0, 0.05) is 12.2 Å². The summed E-state index contributed by atoms with van der Waals surface area (Å²) in [6.07, 6.45) is 4.69. The number of rotatable bonds is 5. The fourth-order valence-electron chi connectivity index (χ4n) is 1.12. The van der Waals surface area contributed by atoms with E-state index in [2.05, 4.69) is 42.7 Å². The third-order valence-electron chi connectivity index (χ3n) is 1.78. The number of allylic oxidation sites excluding steroid dienone is 1. The molecule has 0 atom stereocenters. The fraction of sp³-hybridized carbons (Fsp3) is 0.167. The van der Waals surface area contributed by atoms with Crippen LogP contribution in [0.25, 0.3) is 0 Å². The molecule has 0 aliphatic carbocycles. The van der Waals surface area contributed by atoms with Crippen molar-refractivity contribution in [1.82, 2.24) is 0 Å². The van der Waals surface area contributed by atoms with Gasteiger partial charge >= 0.3 is 0 Å². The number of nitrogens with one attached hydrogen (secondary N) is 1. The number of benzene rings is 1. The average molecular weight is 173 g/mol. The van der Waals surface area contributed by atoms with E-state index in [1.165, 1.54) is 5.56 Å². The van der Waals surface area contributed by atoms with Crippen molar-refractivity contribution in [2.24, 2.45) is 0 Å². The lowest BCUT2D eigenvalue weighted by molar-refractivity contribution is 1.26. The molecule has 0 aromatic heterocycles. The third-order valence-corrected chi connectivity index (χ3v) is 1.78. The van der Waals surface area contributed by atoms with E-state index < -0.39 is 0 Å². The van der Waals surface area contributed by atoms with Crippen LogP contribution >= 0.6 is 0 Å². The van der Waals surface area contributed by atoms with Crippen LogP contribution in [0.3, 0.4) is 0 Å². The largest absolute Gasteiger partial charge is 0.382 e. The first-order valence-corrected chi connectivity index (χ1v) is 4.41. The Balaban J connectivity index is 2.58. The second-order valence-corrected chi connectivity index (χ2v) is 2.86. The van der Waals surface area contributed by atoms with Crippen molar-refractivity contribution in [3.63, 3.8) is 0 Å². The zero-order chi connectivity index (χ0) is 9.52. The van der Waals surface area contributed by atoms with Crippen molar-refractivity contribution in [3.8, 4) is 0 Å². The van der Waals surface area contributed by atoms with Gasteiger partial charge in [0.1, 0.15) is 0 Å². The minimum atomic E-state index is 0.806. The molecule has 1 aromatic carbocycles. The fourth-order valence-corrected chi connectivity index (χ4v) is 1.12. The van der Waals surface area contributed by atoms with E-state index in [0.717, 1.165) is 18.7 Å². The van der Waals surface area contributed by atoms with Crippen LogP contribution in [0.4, 0.5) is 5.69 Å². The second kappa shape index (κ2) is 5.20. The van der Waals surface area contributed by atoms with Crippen molar-refractivity contribution in [1.29, 1.82) is 0 Å². The molecule has 0 fully saturated rings. The van der Waals surface area contributed by atoms with Crippen LogP contribution in [0.5, 0.6) is 0 Å². The highest BCUT2D eigenvalue weighted by molar-refractivity contribution is 5.45. The van der Waals surface area contributed by atoms with Gasteiger partial charge in [-0.05, 0) is 24.1 Å². The van der Waals surface area contributed by atoms with Gasteiger partial charge in [-0.15, -0.1) is 13.2 Å². The summed E-state index contributed by atoms with van der Waals surface area (Å²) in [5.74, 6) is 0. The summed E-state index contributed by atoms with van der Waals surface area (Å²) in [6, 6.07) is 8.35. The summed E-state index contributed by atoms with van der Waals surface area (Å²) in [7, 11) is 0. The zero-order valence-corrected chi connectivity index (χ0v) is 7.79. The Bertz CT molecular complexity index is 272. The predicted octanol–water partition coefficient (Wildman–Crippen LogP) is 3.01. The van der Waals surface area contributed by atoms with Crippen molar-refractivity contribution in [3.05, 3.63) is 55.1 Å². The van der Waals surface area contributed by atoms with Crippen LogP contribution < -0.4 is 5.32 Å². The monoisotopic (exact) mass is 173 g/mol. The summed E-state index contributed by atoms with van der Waals surface area (Å²) in [4.78, 5) is 0. The molecule has 0 radical (unpaired) electrons. The van der Waals surface area contributed by atoms with E-state index in [1.807, 2.05) is 12.2 Å². The van der Waals surface area contributed by atoms with Gasteiger partial charge in [0.05, 0.1) is 0 Å². The molecule has 1 rings (SSSR count). The van der Waals surface area contributed by atoms with Gasteiger partial charge in [-0.25, -0.2) is 0 Å². The quantitative estimate of drug-likeness (QED) is 0.675. The Labute approximate surface area is 79.8 Å². The minimum Gasteiger partial charge on any atom is -0.382 e. The van der Waals surface area contributed by atoms with E-state index >= 15 is 0 Å². The van der Waals surface area contributed by atoms with Gasteiger partial charge in [0.15, 0.2) is 0 Å². The molecule has 0 unspecified atom stereocenters. The van der Waals surface area contributed by atoms with E-state index in [1.54, 1.807) is 0 Å². The van der Waals surface area contributed by atoms with Crippen molar-refractivity contribution < 1.29 is 0 Å². The van der Waals surface area contributed by atoms with Crippen LogP contribution in [0.15, 0.2) is 49.6 Å². The molecule has 1 aromatic rings. The van der Waals surface area contributed by atoms with Gasteiger partial charge in [-0.1, -0.05) is 24.3 Å². The third kappa shape index (κ3) is 3.16. The Kier molecular flexibility index (Phi) is 3.83. The first-order valence-electron chi connectivity index (χ1n) is 4.41. The van der Waals surface area contributed by atoms with Gasteiger partial charge in [0.2, 0.25) is 0 Å². The Morgan fingerprint density at radius 1 is 1.08 bits per heavy atom. The average Bonchev–Trinajstić information content (AvgIpc) is 2.17. The SMILES string of the molecule is C=CCNc1ccc(CC=C)cc1. The first kappa shape index (κ1) is 9.59. The highest BCUT2D eigenvalue weighted by Gasteiger charge is 1.90. The predicted molar refractivity (Wildman–Crippen MR) is 59.0 cm³/mol. The van der Waals surface area contributed by atoms with Crippen LogP contribution in [0.2, 0.25) is 0 Å². The molecule has 0 spiro atoms.